The zero-order chi connectivity index (χ0) is 25.5. The highest BCUT2D eigenvalue weighted by atomic mass is 32.2. The molecule has 1 aromatic carbocycles. The third kappa shape index (κ3) is 5.91. The first-order chi connectivity index (χ1) is 17.6. The molecule has 1 amide bonds. The van der Waals surface area contributed by atoms with Crippen LogP contribution in [-0.4, -0.2) is 33.5 Å². The summed E-state index contributed by atoms with van der Waals surface area (Å²) in [6, 6.07) is 9.62. The number of amides is 1. The van der Waals surface area contributed by atoms with Gasteiger partial charge in [0.15, 0.2) is 11.0 Å². The highest BCUT2D eigenvalue weighted by Crippen LogP contribution is 2.40. The molecule has 3 aromatic rings. The van der Waals surface area contributed by atoms with E-state index in [1.807, 2.05) is 28.8 Å². The van der Waals surface area contributed by atoms with Crippen LogP contribution in [-0.2, 0) is 30.8 Å². The van der Waals surface area contributed by atoms with Gasteiger partial charge in [-0.15, -0.1) is 28.1 Å². The first-order valence-corrected chi connectivity index (χ1v) is 13.6. The van der Waals surface area contributed by atoms with Crippen LogP contribution in [0.25, 0.3) is 0 Å². The maximum absolute atomic E-state index is 12.8. The smallest absolute Gasteiger partial charge is 0.235 e. The number of hydrogen-bond donors (Lipinski definition) is 1. The molecule has 0 saturated carbocycles. The lowest BCUT2D eigenvalue weighted by molar-refractivity contribution is -0.113. The number of methoxy groups -OCH3 is 1. The maximum Gasteiger partial charge on any atom is 0.235 e. The molecule has 0 bridgehead atoms. The summed E-state index contributed by atoms with van der Waals surface area (Å²) < 4.78 is 12.9. The Bertz CT molecular complexity index is 1260. The van der Waals surface area contributed by atoms with E-state index in [9.17, 15) is 10.1 Å². The van der Waals surface area contributed by atoms with Gasteiger partial charge in [-0.3, -0.25) is 9.36 Å². The second kappa shape index (κ2) is 12.1. The Morgan fingerprint density at radius 2 is 2.14 bits per heavy atom. The lowest BCUT2D eigenvalue weighted by Gasteiger charge is -2.20. The van der Waals surface area contributed by atoms with Crippen LogP contribution in [0.15, 0.2) is 42.1 Å². The summed E-state index contributed by atoms with van der Waals surface area (Å²) in [7, 11) is 1.62. The summed E-state index contributed by atoms with van der Waals surface area (Å²) in [6.45, 7) is 6.74. The second-order valence-corrected chi connectivity index (χ2v) is 10.5. The van der Waals surface area contributed by atoms with Crippen molar-refractivity contribution in [1.82, 2.24) is 14.8 Å². The SMILES string of the molecule is C=CCn1c(COc2ccc(OC)cc2)nnc1SCC(=O)Nc1sc2c(c1C#N)CCC(CC)C2. The number of nitriles is 1. The van der Waals surface area contributed by atoms with Crippen molar-refractivity contribution in [3.8, 4) is 17.6 Å². The predicted octanol–water partition coefficient (Wildman–Crippen LogP) is 5.23. The van der Waals surface area contributed by atoms with Gasteiger partial charge in [0.05, 0.1) is 18.4 Å². The van der Waals surface area contributed by atoms with Crippen LogP contribution in [0.4, 0.5) is 5.00 Å². The fourth-order valence-corrected chi connectivity index (χ4v) is 6.26. The van der Waals surface area contributed by atoms with Crippen LogP contribution in [0.2, 0.25) is 0 Å². The van der Waals surface area contributed by atoms with Gasteiger partial charge in [0.1, 0.15) is 29.2 Å². The van der Waals surface area contributed by atoms with Gasteiger partial charge in [0, 0.05) is 11.4 Å². The van der Waals surface area contributed by atoms with E-state index in [0.717, 1.165) is 37.0 Å². The lowest BCUT2D eigenvalue weighted by Crippen LogP contribution is -2.15. The minimum atomic E-state index is -0.175. The number of fused-ring (bicyclic) bond motifs is 1. The number of carbonyl (C=O) groups is 1. The number of carbonyl (C=O) groups excluding carboxylic acids is 1. The van der Waals surface area contributed by atoms with Gasteiger partial charge in [-0.05, 0) is 55.0 Å². The first kappa shape index (κ1) is 25.8. The number of rotatable bonds is 11. The van der Waals surface area contributed by atoms with Gasteiger partial charge in [0.2, 0.25) is 5.91 Å². The Labute approximate surface area is 219 Å². The average molecular weight is 524 g/mol. The van der Waals surface area contributed by atoms with Crippen molar-refractivity contribution in [1.29, 1.82) is 5.26 Å². The molecule has 188 valence electrons. The molecule has 1 unspecified atom stereocenters. The molecular weight excluding hydrogens is 494 g/mol. The maximum atomic E-state index is 12.8. The Morgan fingerprint density at radius 1 is 1.36 bits per heavy atom. The number of aromatic nitrogens is 3. The zero-order valence-electron chi connectivity index (χ0n) is 20.5. The average Bonchev–Trinajstić information content (AvgIpc) is 3.45. The Hall–Kier alpha value is -3.29. The number of thiophene rings is 1. The zero-order valence-corrected chi connectivity index (χ0v) is 22.1. The van der Waals surface area contributed by atoms with E-state index in [4.69, 9.17) is 9.47 Å². The molecule has 8 nitrogen and oxygen atoms in total. The topological polar surface area (TPSA) is 102 Å². The number of ether oxygens (including phenoxy) is 2. The largest absolute Gasteiger partial charge is 0.497 e. The third-order valence-electron chi connectivity index (χ3n) is 6.17. The summed E-state index contributed by atoms with van der Waals surface area (Å²) in [5.74, 6) is 2.71. The number of benzene rings is 1. The molecule has 1 aliphatic rings. The Kier molecular flexibility index (Phi) is 8.67. The molecule has 1 N–H and O–H groups in total. The predicted molar refractivity (Wildman–Crippen MR) is 142 cm³/mol. The van der Waals surface area contributed by atoms with Crippen LogP contribution < -0.4 is 14.8 Å². The number of nitrogens with zero attached hydrogens (tertiary/aromatic N) is 4. The molecule has 0 saturated heterocycles. The molecule has 0 radical (unpaired) electrons. The summed E-state index contributed by atoms with van der Waals surface area (Å²) in [5.41, 5.74) is 1.73. The molecule has 0 spiro atoms. The Morgan fingerprint density at radius 3 is 2.83 bits per heavy atom. The fourth-order valence-electron chi connectivity index (χ4n) is 4.17. The fraction of sp³-hybridized carbons (Fsp3) is 0.385. The van der Waals surface area contributed by atoms with Crippen LogP contribution in [0, 0.1) is 17.2 Å². The molecule has 2 aromatic heterocycles. The lowest BCUT2D eigenvalue weighted by atomic mass is 9.86. The number of hydrogen-bond acceptors (Lipinski definition) is 8. The van der Waals surface area contributed by atoms with Crippen LogP contribution in [0.3, 0.4) is 0 Å². The number of thioether (sulfide) groups is 1. The summed E-state index contributed by atoms with van der Waals surface area (Å²) in [4.78, 5) is 14.0. The van der Waals surface area contributed by atoms with E-state index in [2.05, 4.69) is 35.1 Å². The highest BCUT2D eigenvalue weighted by Gasteiger charge is 2.26. The van der Waals surface area contributed by atoms with Gasteiger partial charge < -0.3 is 14.8 Å². The third-order valence-corrected chi connectivity index (χ3v) is 8.31. The quantitative estimate of drug-likeness (QED) is 0.271. The number of nitrogens with one attached hydrogen (secondary N) is 1. The van der Waals surface area contributed by atoms with Crippen molar-refractivity contribution in [2.24, 2.45) is 5.92 Å². The first-order valence-electron chi connectivity index (χ1n) is 11.8. The van der Waals surface area contributed by atoms with Crippen molar-refractivity contribution in [3.63, 3.8) is 0 Å². The minimum absolute atomic E-state index is 0.152. The minimum Gasteiger partial charge on any atom is -0.497 e. The normalized spacial score (nSPS) is 14.5. The summed E-state index contributed by atoms with van der Waals surface area (Å²) in [5, 5.41) is 22.5. The number of allylic oxidation sites excluding steroid dienone is 1. The van der Waals surface area contributed by atoms with Gasteiger partial charge in [-0.25, -0.2) is 0 Å². The van der Waals surface area contributed by atoms with E-state index in [0.29, 0.717) is 39.8 Å². The molecule has 2 heterocycles. The molecular formula is C26H29N5O3S2. The van der Waals surface area contributed by atoms with E-state index < -0.39 is 0 Å². The van der Waals surface area contributed by atoms with Gasteiger partial charge in [0.25, 0.3) is 0 Å². The molecule has 0 fully saturated rings. The molecule has 0 aliphatic heterocycles. The van der Waals surface area contributed by atoms with Crippen molar-refractivity contribution in [3.05, 3.63) is 58.7 Å². The second-order valence-electron chi connectivity index (χ2n) is 8.44. The monoisotopic (exact) mass is 523 g/mol. The molecule has 36 heavy (non-hydrogen) atoms. The van der Waals surface area contributed by atoms with Crippen LogP contribution in [0.1, 0.15) is 41.6 Å². The van der Waals surface area contributed by atoms with E-state index >= 15 is 0 Å². The summed E-state index contributed by atoms with van der Waals surface area (Å²) >= 11 is 2.84. The molecule has 4 rings (SSSR count). The van der Waals surface area contributed by atoms with Crippen molar-refractivity contribution in [2.75, 3.05) is 18.2 Å². The molecule has 1 atom stereocenters. The standard InChI is InChI=1S/C26H29N5O3S2/c1-4-12-31-23(15-34-19-9-7-18(33-3)8-10-19)29-30-26(31)35-16-24(32)28-25-21(14-27)20-11-6-17(5-2)13-22(20)36-25/h4,7-10,17H,1,5-6,11-13,15-16H2,2-3H3,(H,28,32). The van der Waals surface area contributed by atoms with Crippen LogP contribution in [0.5, 0.6) is 11.5 Å². The van der Waals surface area contributed by atoms with Gasteiger partial charge >= 0.3 is 0 Å². The van der Waals surface area contributed by atoms with E-state index in [1.54, 1.807) is 24.5 Å². The van der Waals surface area contributed by atoms with Gasteiger partial charge in [-0.1, -0.05) is 31.2 Å². The molecule has 10 heteroatoms. The van der Waals surface area contributed by atoms with Crippen molar-refractivity contribution < 1.29 is 14.3 Å². The molecule has 1 aliphatic carbocycles. The number of anilines is 1. The van der Waals surface area contributed by atoms with E-state index in [1.165, 1.54) is 16.6 Å². The van der Waals surface area contributed by atoms with Crippen molar-refractivity contribution in [2.45, 2.75) is 50.9 Å². The summed E-state index contributed by atoms with van der Waals surface area (Å²) in [6.07, 6.45) is 5.88. The highest BCUT2D eigenvalue weighted by molar-refractivity contribution is 7.99. The van der Waals surface area contributed by atoms with Crippen molar-refractivity contribution >= 4 is 34.0 Å². The Balaban J connectivity index is 1.38. The van der Waals surface area contributed by atoms with Crippen LogP contribution >= 0.6 is 23.1 Å². The van der Waals surface area contributed by atoms with E-state index in [-0.39, 0.29) is 18.3 Å². The van der Waals surface area contributed by atoms with Gasteiger partial charge in [-0.2, -0.15) is 5.26 Å².